The van der Waals surface area contributed by atoms with Crippen LogP contribution in [0.3, 0.4) is 0 Å². The molecular formula is C21H36FN5O. The number of aromatic amines is 1. The number of H-pyrrole nitrogens is 1. The third-order valence-electron chi connectivity index (χ3n) is 5.70. The molecule has 3 aromatic rings. The molecule has 6 nitrogen and oxygen atoms in total. The lowest BCUT2D eigenvalue weighted by Gasteiger charge is -2.45. The molecule has 28 heavy (non-hydrogen) atoms. The standard InChI is InChI=1S/C21H26FN5O.5H2/c1-13(2)11-21(28)12-27(10-8-14(21)3)17-7-6-16(22)19(24-17)18-15-5-4-9-23-20(15)26-25-18;;;;;/h4-7,9,13-14,28H,8,10-12H2,1-3H3,(H,23,25,26);5*1H/t14-,21-;;;;;/m1...../s1. The molecule has 4 heterocycles. The highest BCUT2D eigenvalue weighted by Gasteiger charge is 2.40. The second-order valence-electron chi connectivity index (χ2n) is 8.29. The lowest BCUT2D eigenvalue weighted by Crippen LogP contribution is -2.54. The summed E-state index contributed by atoms with van der Waals surface area (Å²) in [5.74, 6) is 0.861. The largest absolute Gasteiger partial charge is 0.388 e. The van der Waals surface area contributed by atoms with E-state index in [-0.39, 0.29) is 18.7 Å². The van der Waals surface area contributed by atoms with Crippen molar-refractivity contribution in [1.29, 1.82) is 0 Å². The van der Waals surface area contributed by atoms with Gasteiger partial charge in [0, 0.05) is 31.8 Å². The molecule has 2 atom stereocenters. The molecule has 0 aromatic carbocycles. The summed E-state index contributed by atoms with van der Waals surface area (Å²) >= 11 is 0. The van der Waals surface area contributed by atoms with Gasteiger partial charge in [0.1, 0.15) is 11.5 Å². The zero-order valence-electron chi connectivity index (χ0n) is 16.5. The number of halogens is 1. The molecule has 0 spiro atoms. The van der Waals surface area contributed by atoms with Crippen LogP contribution >= 0.6 is 0 Å². The fourth-order valence-electron chi connectivity index (χ4n) is 4.17. The molecule has 0 aliphatic carbocycles. The smallest absolute Gasteiger partial charge is 0.181 e. The summed E-state index contributed by atoms with van der Waals surface area (Å²) in [5.41, 5.74) is 0.499. The number of fused-ring (bicyclic) bond motifs is 1. The van der Waals surface area contributed by atoms with Crippen LogP contribution in [0.2, 0.25) is 0 Å². The van der Waals surface area contributed by atoms with Crippen LogP contribution in [0.5, 0.6) is 0 Å². The van der Waals surface area contributed by atoms with Crippen molar-refractivity contribution in [2.45, 2.75) is 39.2 Å². The van der Waals surface area contributed by atoms with Gasteiger partial charge in [-0.1, -0.05) is 20.8 Å². The molecule has 158 valence electrons. The van der Waals surface area contributed by atoms with E-state index in [1.165, 1.54) is 6.07 Å². The molecular weight excluding hydrogens is 357 g/mol. The van der Waals surface area contributed by atoms with Crippen LogP contribution in [0.15, 0.2) is 30.5 Å². The Kier molecular flexibility index (Phi) is 4.79. The lowest BCUT2D eigenvalue weighted by atomic mass is 9.77. The first-order chi connectivity index (χ1) is 13.4. The fourth-order valence-corrected chi connectivity index (χ4v) is 4.17. The van der Waals surface area contributed by atoms with Gasteiger partial charge in [0.15, 0.2) is 11.5 Å². The summed E-state index contributed by atoms with van der Waals surface area (Å²) in [4.78, 5) is 10.8. The zero-order chi connectivity index (χ0) is 19.9. The van der Waals surface area contributed by atoms with Gasteiger partial charge >= 0.3 is 0 Å². The SMILES string of the molecule is CC(C)C[C@@]1(O)CN(c2ccc(F)c(-c3[nH]nc4ncccc34)n2)CC[C@H]1C.[HH].[HH].[HH].[HH].[HH]. The quantitative estimate of drug-likeness (QED) is 0.651. The van der Waals surface area contributed by atoms with E-state index in [1.54, 1.807) is 18.3 Å². The highest BCUT2D eigenvalue weighted by molar-refractivity contribution is 5.89. The minimum absolute atomic E-state index is 0. The van der Waals surface area contributed by atoms with Gasteiger partial charge in [-0.25, -0.2) is 14.4 Å². The normalized spacial score (nSPS) is 22.9. The third kappa shape index (κ3) is 3.35. The number of β-amino-alcohol motifs (C(OH)–C–C–N with tert-alkyl or cyclic N) is 1. The Morgan fingerprint density at radius 2 is 2.21 bits per heavy atom. The van der Waals surface area contributed by atoms with Crippen molar-refractivity contribution in [2.24, 2.45) is 11.8 Å². The molecule has 3 aromatic heterocycles. The molecule has 1 saturated heterocycles. The Morgan fingerprint density at radius 3 is 3.00 bits per heavy atom. The molecule has 2 N–H and O–H groups in total. The van der Waals surface area contributed by atoms with Crippen LogP contribution in [0, 0.1) is 17.7 Å². The summed E-state index contributed by atoms with van der Waals surface area (Å²) in [6, 6.07) is 6.75. The lowest BCUT2D eigenvalue weighted by molar-refractivity contribution is -0.0364. The van der Waals surface area contributed by atoms with Gasteiger partial charge in [-0.05, 0) is 48.9 Å². The topological polar surface area (TPSA) is 77.9 Å². The Labute approximate surface area is 171 Å². The van der Waals surface area contributed by atoms with E-state index < -0.39 is 11.4 Å². The maximum Gasteiger partial charge on any atom is 0.181 e. The summed E-state index contributed by atoms with van der Waals surface area (Å²) in [6.45, 7) is 7.62. The average molecular weight is 394 g/mol. The van der Waals surface area contributed by atoms with Gasteiger partial charge in [-0.2, -0.15) is 5.10 Å². The van der Waals surface area contributed by atoms with E-state index in [0.29, 0.717) is 29.6 Å². The fraction of sp³-hybridized carbons (Fsp3) is 0.476. The molecule has 7 heteroatoms. The molecule has 0 amide bonds. The van der Waals surface area contributed by atoms with Gasteiger partial charge in [-0.15, -0.1) is 0 Å². The van der Waals surface area contributed by atoms with Crippen molar-refractivity contribution in [2.75, 3.05) is 18.0 Å². The van der Waals surface area contributed by atoms with Gasteiger partial charge in [0.05, 0.1) is 11.3 Å². The maximum absolute atomic E-state index is 14.6. The summed E-state index contributed by atoms with van der Waals surface area (Å²) in [5, 5.41) is 19.0. The van der Waals surface area contributed by atoms with Crippen LogP contribution in [-0.4, -0.2) is 44.0 Å². The first-order valence-corrected chi connectivity index (χ1v) is 9.81. The number of rotatable bonds is 4. The van der Waals surface area contributed by atoms with Crippen molar-refractivity contribution in [1.82, 2.24) is 20.2 Å². The first-order valence-electron chi connectivity index (χ1n) is 9.81. The van der Waals surface area contributed by atoms with Crippen molar-refractivity contribution < 1.29 is 16.6 Å². The molecule has 0 bridgehead atoms. The number of piperidine rings is 1. The number of nitrogens with zero attached hydrogens (tertiary/aromatic N) is 4. The van der Waals surface area contributed by atoms with Crippen molar-refractivity contribution in [3.8, 4) is 11.4 Å². The van der Waals surface area contributed by atoms with E-state index in [4.69, 9.17) is 0 Å². The average Bonchev–Trinajstić information content (AvgIpc) is 3.08. The third-order valence-corrected chi connectivity index (χ3v) is 5.70. The molecule has 1 aliphatic heterocycles. The maximum atomic E-state index is 14.6. The predicted molar refractivity (Wildman–Crippen MR) is 118 cm³/mol. The number of anilines is 1. The molecule has 1 fully saturated rings. The number of hydrogen-bond donors (Lipinski definition) is 2. The van der Waals surface area contributed by atoms with Crippen molar-refractivity contribution in [3.63, 3.8) is 0 Å². The Bertz CT molecular complexity index is 1010. The van der Waals surface area contributed by atoms with Crippen LogP contribution in [0.25, 0.3) is 22.4 Å². The highest BCUT2D eigenvalue weighted by atomic mass is 19.1. The van der Waals surface area contributed by atoms with Crippen LogP contribution in [0.4, 0.5) is 10.2 Å². The number of aromatic nitrogens is 4. The van der Waals surface area contributed by atoms with E-state index >= 15 is 0 Å². The summed E-state index contributed by atoms with van der Waals surface area (Å²) in [7, 11) is 0. The molecule has 0 unspecified atom stereocenters. The number of nitrogens with one attached hydrogen (secondary N) is 1. The monoisotopic (exact) mass is 393 g/mol. The van der Waals surface area contributed by atoms with E-state index in [9.17, 15) is 9.50 Å². The minimum Gasteiger partial charge on any atom is -0.388 e. The van der Waals surface area contributed by atoms with Crippen LogP contribution < -0.4 is 4.90 Å². The van der Waals surface area contributed by atoms with Gasteiger partial charge < -0.3 is 10.0 Å². The number of aliphatic hydroxyl groups is 1. The Hall–Kier alpha value is -2.54. The second-order valence-corrected chi connectivity index (χ2v) is 8.29. The van der Waals surface area contributed by atoms with Crippen molar-refractivity contribution >= 4 is 16.9 Å². The van der Waals surface area contributed by atoms with E-state index in [1.807, 2.05) is 6.07 Å². The highest BCUT2D eigenvalue weighted by Crippen LogP contribution is 2.35. The van der Waals surface area contributed by atoms with Gasteiger partial charge in [0.2, 0.25) is 0 Å². The molecule has 1 aliphatic rings. The van der Waals surface area contributed by atoms with Crippen LogP contribution in [-0.2, 0) is 0 Å². The van der Waals surface area contributed by atoms with E-state index in [2.05, 4.69) is 45.8 Å². The zero-order valence-corrected chi connectivity index (χ0v) is 16.5. The van der Waals surface area contributed by atoms with Gasteiger partial charge in [0.25, 0.3) is 0 Å². The minimum atomic E-state index is -0.771. The predicted octanol–water partition coefficient (Wildman–Crippen LogP) is 5.01. The second kappa shape index (κ2) is 7.13. The first kappa shape index (κ1) is 18.8. The van der Waals surface area contributed by atoms with Gasteiger partial charge in [-0.3, -0.25) is 5.10 Å². The number of pyridine rings is 2. The summed E-state index contributed by atoms with van der Waals surface area (Å²) in [6.07, 6.45) is 3.25. The Morgan fingerprint density at radius 1 is 1.39 bits per heavy atom. The molecule has 4 rings (SSSR count). The molecule has 0 saturated carbocycles. The number of hydrogen-bond acceptors (Lipinski definition) is 5. The molecule has 0 radical (unpaired) electrons. The Balaban J connectivity index is 0. The summed E-state index contributed by atoms with van der Waals surface area (Å²) < 4.78 is 14.6. The van der Waals surface area contributed by atoms with E-state index in [0.717, 1.165) is 24.8 Å². The van der Waals surface area contributed by atoms with Crippen LogP contribution in [0.1, 0.15) is 40.7 Å². The van der Waals surface area contributed by atoms with Crippen molar-refractivity contribution in [3.05, 3.63) is 36.3 Å².